The van der Waals surface area contributed by atoms with Crippen molar-refractivity contribution in [3.63, 3.8) is 0 Å². The SMILES string of the molecule is CC(C)(Cc1cccc(C(=O)NCCc2ccccc2Cl)c1)NC[C@@H](O)c1ccc(O)c(CO)c1. The molecule has 1 atom stereocenters. The predicted molar refractivity (Wildman–Crippen MR) is 139 cm³/mol. The highest BCUT2D eigenvalue weighted by Gasteiger charge is 2.21. The lowest BCUT2D eigenvalue weighted by molar-refractivity contribution is 0.0954. The third kappa shape index (κ3) is 7.80. The van der Waals surface area contributed by atoms with E-state index in [0.717, 1.165) is 11.1 Å². The van der Waals surface area contributed by atoms with Gasteiger partial charge in [-0.3, -0.25) is 4.79 Å². The highest BCUT2D eigenvalue weighted by Crippen LogP contribution is 2.23. The molecule has 5 N–H and O–H groups in total. The molecular formula is C28H33ClN2O4. The summed E-state index contributed by atoms with van der Waals surface area (Å²) in [5, 5.41) is 36.7. The van der Waals surface area contributed by atoms with Crippen LogP contribution in [0.5, 0.6) is 5.75 Å². The first-order valence-corrected chi connectivity index (χ1v) is 12.0. The Morgan fingerprint density at radius 3 is 2.54 bits per heavy atom. The van der Waals surface area contributed by atoms with Crippen LogP contribution in [0, 0.1) is 0 Å². The summed E-state index contributed by atoms with van der Waals surface area (Å²) >= 11 is 6.18. The quantitative estimate of drug-likeness (QED) is 0.274. The molecule has 3 rings (SSSR count). The van der Waals surface area contributed by atoms with Crippen LogP contribution >= 0.6 is 11.6 Å². The topological polar surface area (TPSA) is 102 Å². The van der Waals surface area contributed by atoms with Gasteiger partial charge in [0.25, 0.3) is 5.91 Å². The molecule has 0 aromatic heterocycles. The van der Waals surface area contributed by atoms with E-state index in [9.17, 15) is 20.1 Å². The normalized spacial score (nSPS) is 12.4. The highest BCUT2D eigenvalue weighted by molar-refractivity contribution is 6.31. The van der Waals surface area contributed by atoms with Crippen LogP contribution in [0.15, 0.2) is 66.7 Å². The maximum absolute atomic E-state index is 12.7. The molecule has 0 aliphatic heterocycles. The molecular weight excluding hydrogens is 464 g/mol. The van der Waals surface area contributed by atoms with Crippen LogP contribution in [-0.2, 0) is 19.4 Å². The molecule has 0 aliphatic carbocycles. The van der Waals surface area contributed by atoms with E-state index in [1.54, 1.807) is 18.2 Å². The van der Waals surface area contributed by atoms with Gasteiger partial charge >= 0.3 is 0 Å². The summed E-state index contributed by atoms with van der Waals surface area (Å²) in [5.41, 5.74) is 3.24. The third-order valence-corrected chi connectivity index (χ3v) is 6.27. The lowest BCUT2D eigenvalue weighted by Gasteiger charge is -2.28. The number of aliphatic hydroxyl groups is 2. The van der Waals surface area contributed by atoms with Crippen LogP contribution in [0.3, 0.4) is 0 Å². The average molecular weight is 497 g/mol. The lowest BCUT2D eigenvalue weighted by Crippen LogP contribution is -2.43. The molecule has 0 saturated heterocycles. The van der Waals surface area contributed by atoms with Crippen LogP contribution in [-0.4, -0.2) is 39.9 Å². The number of carbonyl (C=O) groups excluding carboxylic acids is 1. The van der Waals surface area contributed by atoms with E-state index in [-0.39, 0.29) is 23.8 Å². The van der Waals surface area contributed by atoms with Crippen molar-refractivity contribution in [1.82, 2.24) is 10.6 Å². The van der Waals surface area contributed by atoms with Crippen LogP contribution < -0.4 is 10.6 Å². The molecule has 1 amide bonds. The molecule has 0 fully saturated rings. The van der Waals surface area contributed by atoms with Gasteiger partial charge in [0.1, 0.15) is 5.75 Å². The molecule has 0 radical (unpaired) electrons. The van der Waals surface area contributed by atoms with Gasteiger partial charge in [-0.15, -0.1) is 0 Å². The molecule has 0 bridgehead atoms. The maximum atomic E-state index is 12.7. The fourth-order valence-electron chi connectivity index (χ4n) is 3.94. The van der Waals surface area contributed by atoms with Crippen molar-refractivity contribution in [2.24, 2.45) is 0 Å². The van der Waals surface area contributed by atoms with E-state index in [1.165, 1.54) is 6.07 Å². The number of nitrogens with one attached hydrogen (secondary N) is 2. The molecule has 0 unspecified atom stereocenters. The number of aliphatic hydroxyl groups excluding tert-OH is 2. The van der Waals surface area contributed by atoms with E-state index < -0.39 is 6.10 Å². The zero-order valence-electron chi connectivity index (χ0n) is 20.1. The van der Waals surface area contributed by atoms with Crippen molar-refractivity contribution in [3.8, 4) is 5.75 Å². The van der Waals surface area contributed by atoms with Gasteiger partial charge in [0, 0.05) is 34.8 Å². The van der Waals surface area contributed by atoms with Gasteiger partial charge in [0.15, 0.2) is 0 Å². The second-order valence-corrected chi connectivity index (χ2v) is 9.71. The molecule has 0 saturated carbocycles. The summed E-state index contributed by atoms with van der Waals surface area (Å²) in [6.45, 7) is 4.56. The number of carbonyl (C=O) groups is 1. The standard InChI is InChI=1S/C28H33ClN2O4/c1-28(2,31-17-26(34)21-10-11-25(33)23(15-21)18-32)16-19-6-5-8-22(14-19)27(35)30-13-12-20-7-3-4-9-24(20)29/h3-11,14-15,26,31-34H,12-13,16-18H2,1-2H3,(H,30,35)/t26-/m1/s1. The first kappa shape index (κ1) is 26.7. The van der Waals surface area contributed by atoms with Crippen LogP contribution in [0.1, 0.15) is 52.6 Å². The average Bonchev–Trinajstić information content (AvgIpc) is 2.84. The summed E-state index contributed by atoms with van der Waals surface area (Å²) in [6.07, 6.45) is 0.513. The van der Waals surface area contributed by atoms with Gasteiger partial charge < -0.3 is 26.0 Å². The number of β-amino-alcohol motifs (C(OH)–C–C–N with tert-alkyl or cyclic N) is 1. The van der Waals surface area contributed by atoms with E-state index in [4.69, 9.17) is 11.6 Å². The van der Waals surface area contributed by atoms with Crippen molar-refractivity contribution >= 4 is 17.5 Å². The zero-order valence-corrected chi connectivity index (χ0v) is 20.8. The number of phenols is 1. The van der Waals surface area contributed by atoms with Crippen molar-refractivity contribution in [2.45, 2.75) is 44.9 Å². The Morgan fingerprint density at radius 1 is 1.03 bits per heavy atom. The van der Waals surface area contributed by atoms with Gasteiger partial charge in [0.2, 0.25) is 0 Å². The number of rotatable bonds is 11. The van der Waals surface area contributed by atoms with E-state index in [2.05, 4.69) is 10.6 Å². The predicted octanol–water partition coefficient (Wildman–Crippen LogP) is 4.15. The van der Waals surface area contributed by atoms with Gasteiger partial charge in [-0.1, -0.05) is 48.0 Å². The van der Waals surface area contributed by atoms with Crippen molar-refractivity contribution in [2.75, 3.05) is 13.1 Å². The van der Waals surface area contributed by atoms with E-state index in [1.807, 2.05) is 56.3 Å². The molecule has 6 nitrogen and oxygen atoms in total. The lowest BCUT2D eigenvalue weighted by atomic mass is 9.93. The Labute approximate surface area is 211 Å². The Hall–Kier alpha value is -2.90. The smallest absolute Gasteiger partial charge is 0.251 e. The Bertz CT molecular complexity index is 1150. The Balaban J connectivity index is 1.54. The highest BCUT2D eigenvalue weighted by atomic mass is 35.5. The number of amides is 1. The first-order chi connectivity index (χ1) is 16.7. The number of hydrogen-bond acceptors (Lipinski definition) is 5. The van der Waals surface area contributed by atoms with Crippen LogP contribution in [0.25, 0.3) is 0 Å². The Morgan fingerprint density at radius 2 is 1.80 bits per heavy atom. The molecule has 0 spiro atoms. The molecule has 7 heteroatoms. The van der Waals surface area contributed by atoms with Crippen molar-refractivity contribution in [3.05, 3.63) is 99.6 Å². The minimum absolute atomic E-state index is 0.00419. The van der Waals surface area contributed by atoms with E-state index in [0.29, 0.717) is 47.6 Å². The summed E-state index contributed by atoms with van der Waals surface area (Å²) in [7, 11) is 0. The summed E-state index contributed by atoms with van der Waals surface area (Å²) in [5.74, 6) is -0.128. The van der Waals surface area contributed by atoms with Gasteiger partial charge in [0.05, 0.1) is 12.7 Å². The Kier molecular flexibility index (Phi) is 9.29. The first-order valence-electron chi connectivity index (χ1n) is 11.6. The van der Waals surface area contributed by atoms with Crippen molar-refractivity contribution < 1.29 is 20.1 Å². The largest absolute Gasteiger partial charge is 0.508 e. The minimum atomic E-state index is -0.796. The second-order valence-electron chi connectivity index (χ2n) is 9.30. The van der Waals surface area contributed by atoms with Gasteiger partial charge in [-0.25, -0.2) is 0 Å². The number of hydrogen-bond donors (Lipinski definition) is 5. The molecule has 35 heavy (non-hydrogen) atoms. The monoisotopic (exact) mass is 496 g/mol. The van der Waals surface area contributed by atoms with Crippen molar-refractivity contribution in [1.29, 1.82) is 0 Å². The number of aromatic hydroxyl groups is 1. The molecule has 186 valence electrons. The van der Waals surface area contributed by atoms with Crippen LogP contribution in [0.4, 0.5) is 0 Å². The molecule has 0 heterocycles. The molecule has 0 aliphatic rings. The van der Waals surface area contributed by atoms with E-state index >= 15 is 0 Å². The zero-order chi connectivity index (χ0) is 25.4. The summed E-state index contributed by atoms with van der Waals surface area (Å²) < 4.78 is 0. The summed E-state index contributed by atoms with van der Waals surface area (Å²) in [4.78, 5) is 12.7. The van der Waals surface area contributed by atoms with Gasteiger partial charge in [-0.2, -0.15) is 0 Å². The fraction of sp³-hybridized carbons (Fsp3) is 0.321. The number of benzene rings is 3. The summed E-state index contributed by atoms with van der Waals surface area (Å²) in [6, 6.07) is 19.8. The second kappa shape index (κ2) is 12.2. The van der Waals surface area contributed by atoms with Gasteiger partial charge in [-0.05, 0) is 73.7 Å². The molecule has 3 aromatic rings. The minimum Gasteiger partial charge on any atom is -0.508 e. The third-order valence-electron chi connectivity index (χ3n) is 5.91. The number of halogens is 1. The van der Waals surface area contributed by atoms with Crippen LogP contribution in [0.2, 0.25) is 5.02 Å². The fourth-order valence-corrected chi connectivity index (χ4v) is 4.17. The maximum Gasteiger partial charge on any atom is 0.251 e. The molecule has 3 aromatic carbocycles.